The smallest absolute Gasteiger partial charge is 0.188 e. The van der Waals surface area contributed by atoms with Gasteiger partial charge in [0.2, 0.25) is 0 Å². The molecule has 1 rings (SSSR count). The summed E-state index contributed by atoms with van der Waals surface area (Å²) >= 11 is 3.27. The highest BCUT2D eigenvalue weighted by atomic mass is 79.9. The lowest BCUT2D eigenvalue weighted by atomic mass is 10.2. The first-order chi connectivity index (χ1) is 8.22. The normalized spacial score (nSPS) is 10.1. The summed E-state index contributed by atoms with van der Waals surface area (Å²) in [5.41, 5.74) is 0.409. The second kappa shape index (κ2) is 7.26. The van der Waals surface area contributed by atoms with Crippen LogP contribution in [0.3, 0.4) is 0 Å². The van der Waals surface area contributed by atoms with Gasteiger partial charge in [-0.25, -0.2) is 0 Å². The summed E-state index contributed by atoms with van der Waals surface area (Å²) in [6.07, 6.45) is 0.704. The van der Waals surface area contributed by atoms with Crippen molar-refractivity contribution < 1.29 is 23.7 Å². The molecule has 0 radical (unpaired) electrons. The number of aldehydes is 1. The number of carbonyl (C=O) groups is 1. The van der Waals surface area contributed by atoms with Gasteiger partial charge in [-0.05, 0) is 22.0 Å². The summed E-state index contributed by atoms with van der Waals surface area (Å²) in [5.74, 6) is 0.928. The third kappa shape index (κ3) is 3.99. The summed E-state index contributed by atoms with van der Waals surface area (Å²) in [7, 11) is 3.03. The van der Waals surface area contributed by atoms with Crippen molar-refractivity contribution >= 4 is 22.2 Å². The van der Waals surface area contributed by atoms with Crippen LogP contribution in [0, 0.1) is 0 Å². The lowest BCUT2D eigenvalue weighted by Crippen LogP contribution is -2.04. The second-order valence-electron chi connectivity index (χ2n) is 3.04. The van der Waals surface area contributed by atoms with Crippen molar-refractivity contribution in [2.75, 3.05) is 27.8 Å². The van der Waals surface area contributed by atoms with Gasteiger partial charge in [0.1, 0.15) is 11.5 Å². The van der Waals surface area contributed by atoms with Crippen LogP contribution in [-0.2, 0) is 9.47 Å². The fourth-order valence-electron chi connectivity index (χ4n) is 1.14. The molecular formula is C11H13BrO5. The van der Waals surface area contributed by atoms with E-state index < -0.39 is 0 Å². The monoisotopic (exact) mass is 304 g/mol. The molecule has 0 bridgehead atoms. The Balaban J connectivity index is 2.96. The maximum absolute atomic E-state index is 10.9. The van der Waals surface area contributed by atoms with Crippen LogP contribution in [-0.4, -0.2) is 34.1 Å². The third-order valence-corrected chi connectivity index (χ3v) is 2.51. The summed E-state index contributed by atoms with van der Waals surface area (Å²) in [6.45, 7) is 0.178. The van der Waals surface area contributed by atoms with Gasteiger partial charge in [-0.1, -0.05) is 0 Å². The van der Waals surface area contributed by atoms with Crippen LogP contribution < -0.4 is 9.47 Å². The molecule has 0 aliphatic rings. The topological polar surface area (TPSA) is 54.0 Å². The van der Waals surface area contributed by atoms with Crippen LogP contribution >= 0.6 is 15.9 Å². The van der Waals surface area contributed by atoms with Crippen LogP contribution in [0.2, 0.25) is 0 Å². The third-order valence-electron chi connectivity index (χ3n) is 1.86. The van der Waals surface area contributed by atoms with E-state index >= 15 is 0 Å². The van der Waals surface area contributed by atoms with Crippen molar-refractivity contribution in [3.8, 4) is 11.5 Å². The Kier molecular flexibility index (Phi) is 5.96. The number of benzene rings is 1. The maximum Gasteiger partial charge on any atom is 0.188 e. The van der Waals surface area contributed by atoms with Gasteiger partial charge in [0, 0.05) is 24.8 Å². The molecule has 0 unspecified atom stereocenters. The highest BCUT2D eigenvalue weighted by Gasteiger charge is 2.11. The highest BCUT2D eigenvalue weighted by Crippen LogP contribution is 2.31. The lowest BCUT2D eigenvalue weighted by Gasteiger charge is -2.11. The molecule has 0 heterocycles. The fraction of sp³-hybridized carbons (Fsp3) is 0.364. The van der Waals surface area contributed by atoms with E-state index in [0.29, 0.717) is 27.8 Å². The van der Waals surface area contributed by atoms with E-state index in [2.05, 4.69) is 15.9 Å². The molecule has 17 heavy (non-hydrogen) atoms. The van der Waals surface area contributed by atoms with Crippen molar-refractivity contribution in [2.24, 2.45) is 0 Å². The summed E-state index contributed by atoms with van der Waals surface area (Å²) in [5, 5.41) is 0. The van der Waals surface area contributed by atoms with E-state index in [4.69, 9.17) is 18.9 Å². The molecule has 0 spiro atoms. The van der Waals surface area contributed by atoms with Gasteiger partial charge >= 0.3 is 0 Å². The molecule has 0 saturated heterocycles. The first-order valence-corrected chi connectivity index (χ1v) is 5.54. The van der Waals surface area contributed by atoms with Gasteiger partial charge < -0.3 is 18.9 Å². The van der Waals surface area contributed by atoms with E-state index in [-0.39, 0.29) is 13.6 Å². The fourth-order valence-corrected chi connectivity index (χ4v) is 1.65. The van der Waals surface area contributed by atoms with Crippen molar-refractivity contribution in [1.82, 2.24) is 0 Å². The Labute approximate surface area is 108 Å². The molecule has 6 heteroatoms. The number of rotatable bonds is 7. The molecule has 0 atom stereocenters. The number of hydrogen-bond donors (Lipinski definition) is 0. The molecule has 1 aromatic carbocycles. The average Bonchev–Trinajstić information content (AvgIpc) is 2.33. The minimum absolute atomic E-state index is 0.0566. The molecule has 5 nitrogen and oxygen atoms in total. The van der Waals surface area contributed by atoms with E-state index in [9.17, 15) is 4.79 Å². The van der Waals surface area contributed by atoms with Gasteiger partial charge in [0.15, 0.2) is 19.9 Å². The van der Waals surface area contributed by atoms with Crippen molar-refractivity contribution in [3.63, 3.8) is 0 Å². The van der Waals surface area contributed by atoms with E-state index in [1.54, 1.807) is 12.1 Å². The highest BCUT2D eigenvalue weighted by molar-refractivity contribution is 9.10. The molecule has 1 aromatic rings. The van der Waals surface area contributed by atoms with Gasteiger partial charge in [0.05, 0.1) is 5.56 Å². The molecule has 0 fully saturated rings. The Bertz CT molecular complexity index is 380. The van der Waals surface area contributed by atoms with Crippen LogP contribution in [0.5, 0.6) is 11.5 Å². The van der Waals surface area contributed by atoms with E-state index in [0.717, 1.165) is 0 Å². The lowest BCUT2D eigenvalue weighted by molar-refractivity contribution is 0.0456. The van der Waals surface area contributed by atoms with Crippen molar-refractivity contribution in [3.05, 3.63) is 22.2 Å². The van der Waals surface area contributed by atoms with E-state index in [1.807, 2.05) is 0 Å². The SMILES string of the molecule is COCOc1cc(Br)c(C=O)c(OCOC)c1. The molecule has 0 aliphatic heterocycles. The van der Waals surface area contributed by atoms with Crippen LogP contribution in [0.25, 0.3) is 0 Å². The Hall–Kier alpha value is -1.11. The molecule has 0 saturated carbocycles. The van der Waals surface area contributed by atoms with Gasteiger partial charge in [-0.15, -0.1) is 0 Å². The summed E-state index contributed by atoms with van der Waals surface area (Å²) in [4.78, 5) is 10.9. The number of hydrogen-bond acceptors (Lipinski definition) is 5. The zero-order chi connectivity index (χ0) is 12.7. The van der Waals surface area contributed by atoms with Crippen molar-refractivity contribution in [2.45, 2.75) is 0 Å². The van der Waals surface area contributed by atoms with Crippen LogP contribution in [0.4, 0.5) is 0 Å². The molecule has 94 valence electrons. The number of carbonyl (C=O) groups excluding carboxylic acids is 1. The second-order valence-corrected chi connectivity index (χ2v) is 3.89. The standard InChI is InChI=1S/C11H13BrO5/c1-14-6-16-8-3-10(12)9(5-13)11(4-8)17-7-15-2/h3-5H,6-7H2,1-2H3. The van der Waals surface area contributed by atoms with Gasteiger partial charge in [-0.3, -0.25) is 4.79 Å². The van der Waals surface area contributed by atoms with Gasteiger partial charge in [0.25, 0.3) is 0 Å². The molecule has 0 aliphatic carbocycles. The molecule has 0 N–H and O–H groups in total. The zero-order valence-corrected chi connectivity index (χ0v) is 11.2. The maximum atomic E-state index is 10.9. The van der Waals surface area contributed by atoms with Crippen LogP contribution in [0.1, 0.15) is 10.4 Å². The minimum Gasteiger partial charge on any atom is -0.467 e. The summed E-state index contributed by atoms with van der Waals surface area (Å²) < 4.78 is 20.7. The predicted octanol–water partition coefficient (Wildman–Crippen LogP) is 2.23. The van der Waals surface area contributed by atoms with E-state index in [1.165, 1.54) is 14.2 Å². The van der Waals surface area contributed by atoms with Gasteiger partial charge in [-0.2, -0.15) is 0 Å². The Morgan fingerprint density at radius 1 is 1.18 bits per heavy atom. The quantitative estimate of drug-likeness (QED) is 0.571. The first kappa shape index (κ1) is 14.0. The number of ether oxygens (including phenoxy) is 4. The zero-order valence-electron chi connectivity index (χ0n) is 9.57. The van der Waals surface area contributed by atoms with Crippen molar-refractivity contribution in [1.29, 1.82) is 0 Å². The predicted molar refractivity (Wildman–Crippen MR) is 64.5 cm³/mol. The molecule has 0 aromatic heterocycles. The Morgan fingerprint density at radius 3 is 2.41 bits per heavy atom. The number of methoxy groups -OCH3 is 2. The minimum atomic E-state index is 0.0566. The average molecular weight is 305 g/mol. The molecular weight excluding hydrogens is 292 g/mol. The largest absolute Gasteiger partial charge is 0.467 e. The Morgan fingerprint density at radius 2 is 1.82 bits per heavy atom. The number of halogens is 1. The van der Waals surface area contributed by atoms with Crippen LogP contribution in [0.15, 0.2) is 16.6 Å². The summed E-state index contributed by atoms with van der Waals surface area (Å²) in [6, 6.07) is 3.27. The first-order valence-electron chi connectivity index (χ1n) is 4.75. The molecule has 0 amide bonds.